The summed E-state index contributed by atoms with van der Waals surface area (Å²) in [4.78, 5) is 12.9. The molecule has 0 radical (unpaired) electrons. The molecular weight excluding hydrogens is 197 g/mol. The first-order valence-electron chi connectivity index (χ1n) is 4.91. The maximum absolute atomic E-state index is 13.1. The van der Waals surface area contributed by atoms with Gasteiger partial charge in [-0.3, -0.25) is 4.90 Å². The SMILES string of the molecule is O=C(O)c1cc(CN2CCC2)ccc1F. The summed E-state index contributed by atoms with van der Waals surface area (Å²) in [7, 11) is 0. The molecule has 4 heteroatoms. The van der Waals surface area contributed by atoms with E-state index >= 15 is 0 Å². The van der Waals surface area contributed by atoms with Crippen LogP contribution in [-0.2, 0) is 6.54 Å². The maximum atomic E-state index is 13.1. The zero-order chi connectivity index (χ0) is 10.8. The van der Waals surface area contributed by atoms with Crippen molar-refractivity contribution in [1.82, 2.24) is 4.90 Å². The van der Waals surface area contributed by atoms with E-state index < -0.39 is 11.8 Å². The van der Waals surface area contributed by atoms with Crippen LogP contribution in [0.2, 0.25) is 0 Å². The van der Waals surface area contributed by atoms with Crippen molar-refractivity contribution >= 4 is 5.97 Å². The van der Waals surface area contributed by atoms with Crippen LogP contribution in [0, 0.1) is 5.82 Å². The number of halogens is 1. The van der Waals surface area contributed by atoms with Crippen molar-refractivity contribution in [1.29, 1.82) is 0 Å². The minimum Gasteiger partial charge on any atom is -0.478 e. The van der Waals surface area contributed by atoms with E-state index in [1.165, 1.54) is 18.6 Å². The standard InChI is InChI=1S/C11H12FNO2/c12-10-3-2-8(6-9(10)11(14)15)7-13-4-1-5-13/h2-3,6H,1,4-5,7H2,(H,14,15). The average Bonchev–Trinajstić information content (AvgIpc) is 2.13. The average molecular weight is 209 g/mol. The van der Waals surface area contributed by atoms with Crippen LogP contribution < -0.4 is 0 Å². The summed E-state index contributed by atoms with van der Waals surface area (Å²) in [5.74, 6) is -1.88. The van der Waals surface area contributed by atoms with Crippen LogP contribution in [0.25, 0.3) is 0 Å². The van der Waals surface area contributed by atoms with E-state index in [1.54, 1.807) is 6.07 Å². The van der Waals surface area contributed by atoms with Gasteiger partial charge in [0.25, 0.3) is 0 Å². The van der Waals surface area contributed by atoms with Crippen molar-refractivity contribution in [2.24, 2.45) is 0 Å². The molecule has 0 bridgehead atoms. The van der Waals surface area contributed by atoms with E-state index in [0.717, 1.165) is 18.7 Å². The molecule has 1 aromatic carbocycles. The summed E-state index contributed by atoms with van der Waals surface area (Å²) in [5.41, 5.74) is 0.613. The van der Waals surface area contributed by atoms with Crippen LogP contribution in [0.15, 0.2) is 18.2 Å². The second-order valence-electron chi connectivity index (χ2n) is 3.75. The lowest BCUT2D eigenvalue weighted by molar-refractivity contribution is 0.0691. The molecular formula is C11H12FNO2. The largest absolute Gasteiger partial charge is 0.478 e. The Morgan fingerprint density at radius 2 is 2.20 bits per heavy atom. The molecule has 0 spiro atoms. The number of aromatic carboxylic acids is 1. The Bertz CT molecular complexity index is 388. The maximum Gasteiger partial charge on any atom is 0.338 e. The molecule has 0 saturated carbocycles. The number of nitrogens with zero attached hydrogens (tertiary/aromatic N) is 1. The molecule has 1 saturated heterocycles. The predicted molar refractivity (Wildman–Crippen MR) is 53.3 cm³/mol. The molecule has 0 atom stereocenters. The number of benzene rings is 1. The van der Waals surface area contributed by atoms with Crippen LogP contribution >= 0.6 is 0 Å². The van der Waals surface area contributed by atoms with Gasteiger partial charge in [-0.05, 0) is 37.2 Å². The van der Waals surface area contributed by atoms with Gasteiger partial charge in [0.15, 0.2) is 0 Å². The fourth-order valence-electron chi connectivity index (χ4n) is 1.63. The number of hydrogen-bond donors (Lipinski definition) is 1. The first kappa shape index (κ1) is 10.1. The topological polar surface area (TPSA) is 40.5 Å². The van der Waals surface area contributed by atoms with Crippen molar-refractivity contribution in [3.8, 4) is 0 Å². The second-order valence-corrected chi connectivity index (χ2v) is 3.75. The van der Waals surface area contributed by atoms with Crippen molar-refractivity contribution in [3.63, 3.8) is 0 Å². The Hall–Kier alpha value is -1.42. The number of carboxylic acids is 1. The van der Waals surface area contributed by atoms with Gasteiger partial charge >= 0.3 is 5.97 Å². The van der Waals surface area contributed by atoms with Gasteiger partial charge in [0.2, 0.25) is 0 Å². The first-order valence-corrected chi connectivity index (χ1v) is 4.91. The molecule has 1 aliphatic heterocycles. The molecule has 1 fully saturated rings. The highest BCUT2D eigenvalue weighted by Crippen LogP contribution is 2.15. The summed E-state index contributed by atoms with van der Waals surface area (Å²) < 4.78 is 13.1. The molecule has 0 aromatic heterocycles. The molecule has 3 nitrogen and oxygen atoms in total. The monoisotopic (exact) mass is 209 g/mol. The third-order valence-electron chi connectivity index (χ3n) is 2.62. The zero-order valence-corrected chi connectivity index (χ0v) is 8.24. The van der Waals surface area contributed by atoms with Gasteiger partial charge < -0.3 is 5.11 Å². The smallest absolute Gasteiger partial charge is 0.338 e. The summed E-state index contributed by atoms with van der Waals surface area (Å²) >= 11 is 0. The first-order chi connectivity index (χ1) is 7.16. The van der Waals surface area contributed by atoms with Crippen LogP contribution in [-0.4, -0.2) is 29.1 Å². The minimum atomic E-state index is -1.21. The van der Waals surface area contributed by atoms with E-state index in [0.29, 0.717) is 6.54 Å². The number of rotatable bonds is 3. The Labute approximate surface area is 87.1 Å². The zero-order valence-electron chi connectivity index (χ0n) is 8.24. The van der Waals surface area contributed by atoms with Crippen molar-refractivity contribution < 1.29 is 14.3 Å². The lowest BCUT2D eigenvalue weighted by atomic mass is 10.1. The molecule has 0 amide bonds. The van der Waals surface area contributed by atoms with E-state index in [1.807, 2.05) is 0 Å². The molecule has 1 N–H and O–H groups in total. The summed E-state index contributed by atoms with van der Waals surface area (Å²) in [6.07, 6.45) is 1.19. The number of carboxylic acid groups (broad SMARTS) is 1. The van der Waals surface area contributed by atoms with Crippen LogP contribution in [0.3, 0.4) is 0 Å². The number of carbonyl (C=O) groups is 1. The third kappa shape index (κ3) is 2.15. The highest BCUT2D eigenvalue weighted by Gasteiger charge is 2.16. The van der Waals surface area contributed by atoms with Gasteiger partial charge in [-0.15, -0.1) is 0 Å². The number of likely N-dealkylation sites (tertiary alicyclic amines) is 1. The van der Waals surface area contributed by atoms with E-state index in [-0.39, 0.29) is 5.56 Å². The normalized spacial score (nSPS) is 16.1. The van der Waals surface area contributed by atoms with Crippen molar-refractivity contribution in [2.75, 3.05) is 13.1 Å². The highest BCUT2D eigenvalue weighted by atomic mass is 19.1. The summed E-state index contributed by atoms with van der Waals surface area (Å²) in [6.45, 7) is 2.79. The summed E-state index contributed by atoms with van der Waals surface area (Å²) in [5, 5.41) is 8.74. The minimum absolute atomic E-state index is 0.243. The highest BCUT2D eigenvalue weighted by molar-refractivity contribution is 5.88. The van der Waals surface area contributed by atoms with Crippen LogP contribution in [0.1, 0.15) is 22.3 Å². The second kappa shape index (κ2) is 3.98. The lowest BCUT2D eigenvalue weighted by Gasteiger charge is -2.30. The molecule has 2 rings (SSSR count). The summed E-state index contributed by atoms with van der Waals surface area (Å²) in [6, 6.07) is 4.27. The molecule has 1 aromatic rings. The molecule has 1 heterocycles. The predicted octanol–water partition coefficient (Wildman–Crippen LogP) is 1.73. The Kier molecular flexibility index (Phi) is 2.68. The Morgan fingerprint density at radius 1 is 1.47 bits per heavy atom. The fraction of sp³-hybridized carbons (Fsp3) is 0.364. The molecule has 15 heavy (non-hydrogen) atoms. The van der Waals surface area contributed by atoms with Gasteiger partial charge in [0.1, 0.15) is 5.82 Å². The Morgan fingerprint density at radius 3 is 2.73 bits per heavy atom. The van der Waals surface area contributed by atoms with Gasteiger partial charge in [-0.1, -0.05) is 6.07 Å². The number of hydrogen-bond acceptors (Lipinski definition) is 2. The van der Waals surface area contributed by atoms with Gasteiger partial charge in [0.05, 0.1) is 5.56 Å². The lowest BCUT2D eigenvalue weighted by Crippen LogP contribution is -2.36. The molecule has 80 valence electrons. The Balaban J connectivity index is 2.17. The van der Waals surface area contributed by atoms with Gasteiger partial charge in [0, 0.05) is 6.54 Å². The molecule has 1 aliphatic rings. The van der Waals surface area contributed by atoms with Crippen LogP contribution in [0.4, 0.5) is 4.39 Å². The fourth-order valence-corrected chi connectivity index (χ4v) is 1.63. The van der Waals surface area contributed by atoms with E-state index in [2.05, 4.69) is 4.90 Å². The van der Waals surface area contributed by atoms with Crippen molar-refractivity contribution in [2.45, 2.75) is 13.0 Å². The molecule has 0 unspecified atom stereocenters. The van der Waals surface area contributed by atoms with Crippen LogP contribution in [0.5, 0.6) is 0 Å². The third-order valence-corrected chi connectivity index (χ3v) is 2.62. The van der Waals surface area contributed by atoms with E-state index in [4.69, 9.17) is 5.11 Å². The van der Waals surface area contributed by atoms with E-state index in [9.17, 15) is 9.18 Å². The van der Waals surface area contributed by atoms with Gasteiger partial charge in [-0.25, -0.2) is 9.18 Å². The van der Waals surface area contributed by atoms with Gasteiger partial charge in [-0.2, -0.15) is 0 Å². The van der Waals surface area contributed by atoms with Crippen molar-refractivity contribution in [3.05, 3.63) is 35.1 Å². The molecule has 0 aliphatic carbocycles. The quantitative estimate of drug-likeness (QED) is 0.824.